The van der Waals surface area contributed by atoms with Crippen molar-refractivity contribution in [3.05, 3.63) is 300 Å². The third-order valence-electron chi connectivity index (χ3n) is 23.3. The molecule has 0 aliphatic heterocycles. The summed E-state index contributed by atoms with van der Waals surface area (Å²) in [5, 5.41) is 9.84. The summed E-state index contributed by atoms with van der Waals surface area (Å²) in [6, 6.07) is 60.3. The van der Waals surface area contributed by atoms with Crippen molar-refractivity contribution < 1.29 is 49.0 Å². The molecule has 20 aromatic rings. The molecule has 0 amide bonds. The first kappa shape index (κ1) is 76.6. The predicted octanol–water partition coefficient (Wildman–Crippen LogP) is 24.5. The quantitative estimate of drug-likeness (QED) is 0.121. The molecular weight excluding hydrogens is 1480 g/mol. The third-order valence-corrected chi connectivity index (χ3v) is 23.3. The van der Waals surface area contributed by atoms with Crippen LogP contribution in [-0.2, 0) is 35.2 Å². The molecule has 0 radical (unpaired) electrons. The number of pyridine rings is 10. The Morgan fingerprint density at radius 3 is 1.31 bits per heavy atom. The van der Waals surface area contributed by atoms with E-state index >= 15 is 0 Å². The minimum absolute atomic E-state index is 0.326. The molecule has 0 saturated heterocycles. The number of nitrogens with zero attached hydrogens (tertiary/aromatic N) is 10. The number of aromatic nitrogens is 10. The SMILES string of the molecule is Cc1ccc2c(oc3c(C(C)C)ccnc32)c1-c1cccc[n+]1C.Cc1ccc2c(oc3c(C(C)C)cncc32)c1-c1cccc[n+]1C.Cc1ccc2c(oc3c(C(C)C)nccc32)c1-c1cccc[n+]1C.Cc1ccc2c(oc3ncc(C(C)C)cc32)c1-c1cccc[n+]1C.[2H]C([2H])([2H])C(C)c1ccc(-c2c(C)ncc3c2oc2ccccc23)[n+](C)c1. The average molecular weight is 1590 g/mol. The van der Waals surface area contributed by atoms with Crippen LogP contribution in [0, 0.1) is 34.6 Å². The van der Waals surface area contributed by atoms with Crippen molar-refractivity contribution in [1.29, 1.82) is 0 Å². The number of para-hydroxylation sites is 1. The maximum absolute atomic E-state index is 7.67. The molecule has 600 valence electrons. The van der Waals surface area contributed by atoms with Crippen LogP contribution in [-0.4, -0.2) is 24.9 Å². The average Bonchev–Trinajstić information content (AvgIpc) is 1.98. The van der Waals surface area contributed by atoms with Crippen molar-refractivity contribution in [1.82, 2.24) is 24.9 Å². The van der Waals surface area contributed by atoms with Crippen LogP contribution in [0.2, 0.25) is 0 Å². The van der Waals surface area contributed by atoms with Crippen LogP contribution in [0.3, 0.4) is 0 Å². The molecule has 0 spiro atoms. The van der Waals surface area contributed by atoms with E-state index in [-0.39, 0.29) is 0 Å². The summed E-state index contributed by atoms with van der Waals surface area (Å²) >= 11 is 0. The monoisotopic (exact) mass is 1590 g/mol. The predicted molar refractivity (Wildman–Crippen MR) is 485 cm³/mol. The lowest BCUT2D eigenvalue weighted by molar-refractivity contribution is -0.660. The molecule has 15 heteroatoms. The van der Waals surface area contributed by atoms with Crippen molar-refractivity contribution in [3.8, 4) is 56.3 Å². The van der Waals surface area contributed by atoms with E-state index in [9.17, 15) is 0 Å². The fourth-order valence-electron chi connectivity index (χ4n) is 16.6. The Balaban J connectivity index is 0.000000114. The molecule has 0 fully saturated rings. The van der Waals surface area contributed by atoms with Gasteiger partial charge >= 0.3 is 0 Å². The minimum Gasteiger partial charge on any atom is -0.455 e. The van der Waals surface area contributed by atoms with Crippen LogP contribution in [0.15, 0.2) is 266 Å². The van der Waals surface area contributed by atoms with Crippen molar-refractivity contribution >= 4 is 110 Å². The second-order valence-corrected chi connectivity index (χ2v) is 33.0. The Bertz CT molecular complexity index is 7020. The van der Waals surface area contributed by atoms with Gasteiger partial charge in [0.2, 0.25) is 34.2 Å². The van der Waals surface area contributed by atoms with Gasteiger partial charge in [0.25, 0.3) is 0 Å². The maximum atomic E-state index is 7.67. The van der Waals surface area contributed by atoms with Crippen LogP contribution in [0.5, 0.6) is 0 Å². The maximum Gasteiger partial charge on any atom is 0.227 e. The summed E-state index contributed by atoms with van der Waals surface area (Å²) in [7, 11) is 10.2. The van der Waals surface area contributed by atoms with E-state index in [0.29, 0.717) is 29.4 Å². The molecule has 0 aliphatic rings. The van der Waals surface area contributed by atoms with Crippen molar-refractivity contribution in [3.63, 3.8) is 0 Å². The zero-order valence-corrected chi connectivity index (χ0v) is 72.0. The summed E-state index contributed by atoms with van der Waals surface area (Å²) in [5.41, 5.74) is 31.9. The van der Waals surface area contributed by atoms with Gasteiger partial charge in [-0.25, -0.2) is 27.8 Å². The second kappa shape index (κ2) is 33.2. The molecule has 15 nitrogen and oxygen atoms in total. The highest BCUT2D eigenvalue weighted by atomic mass is 16.3. The van der Waals surface area contributed by atoms with Crippen LogP contribution >= 0.6 is 0 Å². The molecule has 0 bridgehead atoms. The van der Waals surface area contributed by atoms with Crippen LogP contribution in [0.25, 0.3) is 166 Å². The Morgan fingerprint density at radius 1 is 0.308 bits per heavy atom. The molecule has 1 atom stereocenters. The number of hydrogen-bond donors (Lipinski definition) is 0. The first-order valence-electron chi connectivity index (χ1n) is 42.9. The summed E-state index contributed by atoms with van der Waals surface area (Å²) in [6.07, 6.45) is 21.5. The highest BCUT2D eigenvalue weighted by Gasteiger charge is 2.29. The van der Waals surface area contributed by atoms with E-state index in [1.165, 1.54) is 33.4 Å². The molecule has 120 heavy (non-hydrogen) atoms. The zero-order chi connectivity index (χ0) is 86.7. The van der Waals surface area contributed by atoms with E-state index in [2.05, 4.69) is 295 Å². The number of furan rings is 5. The highest BCUT2D eigenvalue weighted by molar-refractivity contribution is 6.14. The summed E-state index contributed by atoms with van der Waals surface area (Å²) < 4.78 is 65.0. The van der Waals surface area contributed by atoms with E-state index in [4.69, 9.17) is 26.2 Å². The topological polar surface area (TPSA) is 150 Å². The van der Waals surface area contributed by atoms with Gasteiger partial charge in [0, 0.05) is 161 Å². The lowest BCUT2D eigenvalue weighted by Crippen LogP contribution is -2.31. The molecule has 15 heterocycles. The van der Waals surface area contributed by atoms with Crippen LogP contribution in [0.4, 0.5) is 0 Å². The highest BCUT2D eigenvalue weighted by Crippen LogP contribution is 2.44. The minimum atomic E-state index is -2.02. The molecular formula is C105H105N10O5+5. The summed E-state index contributed by atoms with van der Waals surface area (Å²) in [5.74, 6) is 1.02. The Hall–Kier alpha value is -13.4. The summed E-state index contributed by atoms with van der Waals surface area (Å²) in [6.45, 7) is 27.6. The van der Waals surface area contributed by atoms with Gasteiger partial charge in [-0.2, -0.15) is 0 Å². The van der Waals surface area contributed by atoms with Gasteiger partial charge in [0.1, 0.15) is 68.7 Å². The molecule has 20 rings (SSSR count). The van der Waals surface area contributed by atoms with Crippen molar-refractivity contribution in [2.75, 3.05) is 0 Å². The van der Waals surface area contributed by atoms with Gasteiger partial charge in [-0.05, 0) is 153 Å². The van der Waals surface area contributed by atoms with Gasteiger partial charge in [0.15, 0.2) is 58.9 Å². The smallest absolute Gasteiger partial charge is 0.227 e. The standard InChI is InChI=1S/5C21H21N2O/c1-13(2)15-10-11-22-19-16-9-8-14(3)18(20(16)24-21(15)19)17-7-5-6-12-23(17)4;1-13(2)19-21-16(10-11-22-19)15-9-8-14(3)18(20(15)24-21)17-7-5-6-12-23(17)4;1-13(2)15-11-17-16-9-8-14(3)19(18-7-5-6-10-23(18)4)20(16)24-21(17)22-12-15;1-13(2)16-11-22-12-17-15-9-8-14(3)19(21(15)24-20(16)17)18-7-5-6-10-23(18)4;1-13(2)15-9-10-18(23(4)12-15)20-14(3)22-11-17-16-7-5-6-8-19(16)24-21(17)20/h5*5-13H,1-4H3/q5*+1/i;;;;1D3. The van der Waals surface area contributed by atoms with Crippen LogP contribution in [0.1, 0.15) is 159 Å². The Kier molecular flexibility index (Phi) is 21.2. The van der Waals surface area contributed by atoms with Crippen molar-refractivity contribution in [2.24, 2.45) is 35.2 Å². The first-order chi connectivity index (χ1) is 59.1. The van der Waals surface area contributed by atoms with Gasteiger partial charge in [-0.1, -0.05) is 130 Å². The Morgan fingerprint density at radius 2 is 0.775 bits per heavy atom. The number of fused-ring (bicyclic) bond motifs is 15. The van der Waals surface area contributed by atoms with E-state index in [1.807, 2.05) is 123 Å². The zero-order valence-electron chi connectivity index (χ0n) is 75.0. The molecule has 0 saturated carbocycles. The number of benzene rings is 5. The lowest BCUT2D eigenvalue weighted by Gasteiger charge is -2.08. The number of aryl methyl sites for hydroxylation is 10. The van der Waals surface area contributed by atoms with E-state index < -0.39 is 12.8 Å². The van der Waals surface area contributed by atoms with Gasteiger partial charge in [0.05, 0.1) is 33.6 Å². The normalized spacial score (nSPS) is 12.4. The molecule has 0 aliphatic carbocycles. The lowest BCUT2D eigenvalue weighted by atomic mass is 9.99. The molecule has 0 N–H and O–H groups in total. The molecule has 1 unspecified atom stereocenters. The molecule has 5 aromatic carbocycles. The largest absolute Gasteiger partial charge is 0.455 e. The number of rotatable bonds is 10. The fraction of sp³-hybridized carbons (Fsp3) is 0.238. The third kappa shape index (κ3) is 14.9. The first-order valence-corrected chi connectivity index (χ1v) is 41.4. The van der Waals surface area contributed by atoms with Crippen molar-refractivity contribution in [2.45, 2.75) is 133 Å². The summed E-state index contributed by atoms with van der Waals surface area (Å²) in [4.78, 5) is 22.7. The fourth-order valence-corrected chi connectivity index (χ4v) is 16.6. The van der Waals surface area contributed by atoms with Crippen LogP contribution < -0.4 is 22.8 Å². The van der Waals surface area contributed by atoms with Gasteiger partial charge in [-0.3, -0.25) is 19.9 Å². The Labute approximate surface area is 704 Å². The van der Waals surface area contributed by atoms with Gasteiger partial charge in [-0.15, -0.1) is 0 Å². The second-order valence-electron chi connectivity index (χ2n) is 33.0. The molecule has 15 aromatic heterocycles. The number of hydrogen-bond acceptors (Lipinski definition) is 10. The van der Waals surface area contributed by atoms with E-state index in [1.54, 1.807) is 6.92 Å². The van der Waals surface area contributed by atoms with Gasteiger partial charge < -0.3 is 22.1 Å². The van der Waals surface area contributed by atoms with E-state index in [0.717, 1.165) is 183 Å².